The molecule has 6 heteroatoms. The Hall–Kier alpha value is 0.160. The summed E-state index contributed by atoms with van der Waals surface area (Å²) in [7, 11) is -3.76. The molecule has 0 atom stereocenters. The molecule has 0 aliphatic carbocycles. The number of hydrogen-bond acceptors (Lipinski definition) is 4. The van der Waals surface area contributed by atoms with Crippen LogP contribution in [0.2, 0.25) is 0 Å². The predicted molar refractivity (Wildman–Crippen MR) is 43.8 cm³/mol. The highest BCUT2D eigenvalue weighted by molar-refractivity contribution is 7.83. The van der Waals surface area contributed by atoms with Gasteiger partial charge in [0.15, 0.2) is 0 Å². The van der Waals surface area contributed by atoms with Gasteiger partial charge in [0.2, 0.25) is 0 Å². The molecule has 1 fully saturated rings. The quantitative estimate of drug-likeness (QED) is 0.529. The van der Waals surface area contributed by atoms with Gasteiger partial charge in [-0.3, -0.25) is 0 Å². The van der Waals surface area contributed by atoms with Crippen LogP contribution in [0.15, 0.2) is 0 Å². The van der Waals surface area contributed by atoms with Crippen LogP contribution >= 0.6 is 11.6 Å². The van der Waals surface area contributed by atoms with Crippen molar-refractivity contribution in [1.29, 1.82) is 0 Å². The summed E-state index contributed by atoms with van der Waals surface area (Å²) in [5.74, 6) is 0. The maximum Gasteiger partial charge on any atom is 0.407 e. The Bertz CT molecular complexity index is 236. The third-order valence-corrected chi connectivity index (χ3v) is 3.00. The number of rotatable bonds is 4. The molecule has 0 N–H and O–H groups in total. The van der Waals surface area contributed by atoms with Gasteiger partial charge in [0.1, 0.15) is 0 Å². The normalized spacial score (nSPS) is 24.8. The maximum atomic E-state index is 10.4. The average Bonchev–Trinajstić information content (AvgIpc) is 1.83. The molecule has 4 nitrogen and oxygen atoms in total. The lowest BCUT2D eigenvalue weighted by atomic mass is 10.2. The molecule has 1 rings (SSSR count). The largest absolute Gasteiger partial charge is 0.407 e. The molecule has 12 heavy (non-hydrogen) atoms. The average molecular weight is 215 g/mol. The monoisotopic (exact) mass is 214 g/mol. The van der Waals surface area contributed by atoms with Gasteiger partial charge in [-0.15, -0.1) is 0 Å². The molecular weight excluding hydrogens is 204 g/mol. The fourth-order valence-electron chi connectivity index (χ4n) is 0.981. The van der Waals surface area contributed by atoms with Crippen molar-refractivity contribution in [1.82, 2.24) is 0 Å². The van der Waals surface area contributed by atoms with Crippen LogP contribution in [0.3, 0.4) is 0 Å². The topological polar surface area (TPSA) is 52.6 Å². The highest BCUT2D eigenvalue weighted by Gasteiger charge is 2.50. The molecule has 0 aromatic heterocycles. The van der Waals surface area contributed by atoms with E-state index in [-0.39, 0.29) is 0 Å². The second kappa shape index (κ2) is 3.49. The van der Waals surface area contributed by atoms with Crippen LogP contribution in [0.1, 0.15) is 32.6 Å². The SMILES string of the molecule is CCCCCC1(Cl)OS(=O)(=O)O1. The van der Waals surface area contributed by atoms with E-state index in [1.807, 2.05) is 6.92 Å². The van der Waals surface area contributed by atoms with Crippen molar-refractivity contribution in [3.05, 3.63) is 0 Å². The van der Waals surface area contributed by atoms with Crippen molar-refractivity contribution in [2.24, 2.45) is 0 Å². The molecule has 0 bridgehead atoms. The van der Waals surface area contributed by atoms with Crippen LogP contribution in [0.4, 0.5) is 0 Å². The van der Waals surface area contributed by atoms with E-state index in [1.54, 1.807) is 0 Å². The number of halogens is 1. The van der Waals surface area contributed by atoms with Gasteiger partial charge >= 0.3 is 10.4 Å². The van der Waals surface area contributed by atoms with E-state index < -0.39 is 15.6 Å². The Morgan fingerprint density at radius 2 is 1.92 bits per heavy atom. The number of unbranched alkanes of at least 4 members (excludes halogenated alkanes) is 2. The first-order valence-corrected chi connectivity index (χ1v) is 5.54. The zero-order chi connectivity index (χ0) is 9.24. The van der Waals surface area contributed by atoms with Crippen LogP contribution in [0, 0.1) is 0 Å². The number of alkyl halides is 1. The summed E-state index contributed by atoms with van der Waals surface area (Å²) in [4.78, 5) is 0. The van der Waals surface area contributed by atoms with E-state index in [4.69, 9.17) is 11.6 Å². The molecular formula is C6H11ClO4S. The van der Waals surface area contributed by atoms with E-state index in [9.17, 15) is 8.42 Å². The molecule has 1 heterocycles. The van der Waals surface area contributed by atoms with Gasteiger partial charge in [0.05, 0.1) is 0 Å². The fraction of sp³-hybridized carbons (Fsp3) is 1.00. The molecule has 0 amide bonds. The Morgan fingerprint density at radius 3 is 2.33 bits per heavy atom. The summed E-state index contributed by atoms with van der Waals surface area (Å²) in [5, 5.41) is -1.41. The van der Waals surface area contributed by atoms with Crippen LogP contribution < -0.4 is 0 Å². The molecule has 1 saturated heterocycles. The van der Waals surface area contributed by atoms with Crippen molar-refractivity contribution in [2.45, 2.75) is 37.9 Å². The van der Waals surface area contributed by atoms with Crippen molar-refractivity contribution in [2.75, 3.05) is 0 Å². The molecule has 0 spiro atoms. The van der Waals surface area contributed by atoms with E-state index >= 15 is 0 Å². The highest BCUT2D eigenvalue weighted by atomic mass is 35.5. The first-order chi connectivity index (χ1) is 5.47. The Balaban J connectivity index is 2.26. The predicted octanol–water partition coefficient (Wildman–Crippen LogP) is 1.75. The van der Waals surface area contributed by atoms with Crippen molar-refractivity contribution in [3.8, 4) is 0 Å². The van der Waals surface area contributed by atoms with Gasteiger partial charge in [-0.2, -0.15) is 16.8 Å². The minimum absolute atomic E-state index is 0.404. The number of hydrogen-bond donors (Lipinski definition) is 0. The first kappa shape index (κ1) is 10.2. The van der Waals surface area contributed by atoms with Gasteiger partial charge in [-0.1, -0.05) is 31.4 Å². The summed E-state index contributed by atoms with van der Waals surface area (Å²) in [6.07, 6.45) is 3.23. The van der Waals surface area contributed by atoms with Crippen molar-refractivity contribution < 1.29 is 16.8 Å². The molecule has 0 saturated carbocycles. The van der Waals surface area contributed by atoms with E-state index in [0.717, 1.165) is 19.3 Å². The van der Waals surface area contributed by atoms with Gasteiger partial charge in [0, 0.05) is 6.42 Å². The lowest BCUT2D eigenvalue weighted by molar-refractivity contribution is -0.124. The van der Waals surface area contributed by atoms with Crippen molar-refractivity contribution >= 4 is 22.0 Å². The molecule has 0 aromatic carbocycles. The minimum atomic E-state index is -3.76. The zero-order valence-corrected chi connectivity index (χ0v) is 8.32. The summed E-state index contributed by atoms with van der Waals surface area (Å²) < 4.78 is 29.6. The first-order valence-electron chi connectivity index (χ1n) is 3.82. The standard InChI is InChI=1S/C6H11ClO4S/c1-2-3-4-5-6(7)10-12(8,9)11-6/h2-5H2,1H3. The smallest absolute Gasteiger partial charge is 0.197 e. The molecule has 72 valence electrons. The lowest BCUT2D eigenvalue weighted by Crippen LogP contribution is -2.45. The third kappa shape index (κ3) is 2.58. The van der Waals surface area contributed by atoms with Crippen molar-refractivity contribution in [3.63, 3.8) is 0 Å². The van der Waals surface area contributed by atoms with E-state index in [1.165, 1.54) is 0 Å². The molecule has 1 aliphatic heterocycles. The van der Waals surface area contributed by atoms with E-state index in [0.29, 0.717) is 6.42 Å². The van der Waals surface area contributed by atoms with Crippen LogP contribution in [-0.2, 0) is 18.8 Å². The summed E-state index contributed by atoms with van der Waals surface area (Å²) in [6, 6.07) is 0. The summed E-state index contributed by atoms with van der Waals surface area (Å²) in [6.45, 7) is 2.04. The highest BCUT2D eigenvalue weighted by Crippen LogP contribution is 2.38. The van der Waals surface area contributed by atoms with Gasteiger partial charge in [-0.25, -0.2) is 0 Å². The molecule has 0 unspecified atom stereocenters. The molecule has 1 aliphatic rings. The Morgan fingerprint density at radius 1 is 1.33 bits per heavy atom. The maximum absolute atomic E-state index is 10.4. The Kier molecular flexibility index (Phi) is 2.98. The van der Waals surface area contributed by atoms with Crippen LogP contribution in [0.25, 0.3) is 0 Å². The minimum Gasteiger partial charge on any atom is -0.197 e. The Labute approximate surface area is 77.1 Å². The third-order valence-electron chi connectivity index (χ3n) is 1.53. The fourth-order valence-corrected chi connectivity index (χ4v) is 2.37. The van der Waals surface area contributed by atoms with Gasteiger partial charge in [0.25, 0.3) is 5.25 Å². The van der Waals surface area contributed by atoms with Crippen LogP contribution in [-0.4, -0.2) is 13.7 Å². The van der Waals surface area contributed by atoms with Gasteiger partial charge < -0.3 is 0 Å². The summed E-state index contributed by atoms with van der Waals surface area (Å²) >= 11 is 5.60. The second-order valence-corrected chi connectivity index (χ2v) is 4.42. The van der Waals surface area contributed by atoms with Crippen LogP contribution in [0.5, 0.6) is 0 Å². The second-order valence-electron chi connectivity index (χ2n) is 2.69. The molecule has 0 aromatic rings. The lowest BCUT2D eigenvalue weighted by Gasteiger charge is -2.32. The summed E-state index contributed by atoms with van der Waals surface area (Å²) in [5.41, 5.74) is 0. The van der Waals surface area contributed by atoms with Gasteiger partial charge in [-0.05, 0) is 6.42 Å². The van der Waals surface area contributed by atoms with E-state index in [2.05, 4.69) is 8.37 Å². The molecule has 0 radical (unpaired) electrons. The zero-order valence-electron chi connectivity index (χ0n) is 6.75.